The van der Waals surface area contributed by atoms with Crippen LogP contribution in [0.5, 0.6) is 5.75 Å². The monoisotopic (exact) mass is 326 g/mol. The zero-order valence-corrected chi connectivity index (χ0v) is 14.7. The summed E-state index contributed by atoms with van der Waals surface area (Å²) in [5, 5.41) is 0. The number of rotatable bonds is 7. The van der Waals surface area contributed by atoms with Crippen molar-refractivity contribution in [1.29, 1.82) is 0 Å². The van der Waals surface area contributed by atoms with Crippen molar-refractivity contribution in [3.8, 4) is 5.75 Å². The minimum atomic E-state index is -0.639. The lowest BCUT2D eigenvalue weighted by molar-refractivity contribution is 0.0534. The molecule has 0 aliphatic heterocycles. The molecule has 2 rings (SSSR count). The molecule has 2 aromatic rings. The van der Waals surface area contributed by atoms with Gasteiger partial charge in [0.15, 0.2) is 0 Å². The summed E-state index contributed by atoms with van der Waals surface area (Å²) >= 11 is 0. The van der Waals surface area contributed by atoms with E-state index in [0.29, 0.717) is 5.75 Å². The van der Waals surface area contributed by atoms with Crippen molar-refractivity contribution in [3.63, 3.8) is 0 Å². The van der Waals surface area contributed by atoms with Crippen LogP contribution in [0, 0.1) is 0 Å². The van der Waals surface area contributed by atoms with E-state index in [2.05, 4.69) is 26.8 Å². The van der Waals surface area contributed by atoms with Crippen molar-refractivity contribution in [2.24, 2.45) is 0 Å². The molecular formula is C21H26O3. The molecule has 3 heteroatoms. The highest BCUT2D eigenvalue weighted by Gasteiger charge is 2.19. The van der Waals surface area contributed by atoms with Crippen LogP contribution in [0.15, 0.2) is 48.5 Å². The molecule has 0 radical (unpaired) electrons. The number of benzene rings is 2. The van der Waals surface area contributed by atoms with Crippen LogP contribution in [-0.2, 0) is 17.6 Å². The maximum Gasteiger partial charge on any atom is 0.514 e. The lowest BCUT2D eigenvalue weighted by atomic mass is 10.0. The zero-order valence-electron chi connectivity index (χ0n) is 14.7. The Morgan fingerprint density at radius 1 is 0.958 bits per heavy atom. The molecule has 0 N–H and O–H groups in total. The van der Waals surface area contributed by atoms with Crippen LogP contribution >= 0.6 is 0 Å². The summed E-state index contributed by atoms with van der Waals surface area (Å²) in [5.41, 5.74) is 3.27. The van der Waals surface area contributed by atoms with Crippen LogP contribution in [0.2, 0.25) is 0 Å². The van der Waals surface area contributed by atoms with Crippen molar-refractivity contribution < 1.29 is 14.3 Å². The lowest BCUT2D eigenvalue weighted by Crippen LogP contribution is -2.16. The Morgan fingerprint density at radius 3 is 2.33 bits per heavy atom. The normalized spacial score (nSPS) is 11.8. The number of hydrogen-bond acceptors (Lipinski definition) is 3. The van der Waals surface area contributed by atoms with Gasteiger partial charge in [0, 0.05) is 0 Å². The molecule has 0 aliphatic carbocycles. The SMILES string of the molecule is CCCC(OC(=O)Oc1cccc(CC)c1CC)c1ccccc1. The minimum Gasteiger partial charge on any atom is -0.426 e. The summed E-state index contributed by atoms with van der Waals surface area (Å²) in [6.45, 7) is 6.24. The third kappa shape index (κ3) is 4.60. The van der Waals surface area contributed by atoms with Crippen molar-refractivity contribution in [1.82, 2.24) is 0 Å². The standard InChI is InChI=1S/C21H26O3/c1-4-11-19(17-12-8-7-9-13-17)23-21(22)24-20-15-10-14-16(5-2)18(20)6-3/h7-10,12-15,19H,4-6,11H2,1-3H3. The maximum atomic E-state index is 12.3. The van der Waals surface area contributed by atoms with Crippen LogP contribution in [0.1, 0.15) is 56.4 Å². The Morgan fingerprint density at radius 2 is 1.71 bits per heavy atom. The van der Waals surface area contributed by atoms with E-state index >= 15 is 0 Å². The average molecular weight is 326 g/mol. The van der Waals surface area contributed by atoms with Gasteiger partial charge in [-0.15, -0.1) is 0 Å². The number of aryl methyl sites for hydroxylation is 1. The van der Waals surface area contributed by atoms with E-state index in [1.165, 1.54) is 5.56 Å². The van der Waals surface area contributed by atoms with Gasteiger partial charge in [-0.1, -0.05) is 69.7 Å². The summed E-state index contributed by atoms with van der Waals surface area (Å²) in [6, 6.07) is 15.6. The first-order chi connectivity index (χ1) is 11.7. The largest absolute Gasteiger partial charge is 0.514 e. The molecule has 24 heavy (non-hydrogen) atoms. The topological polar surface area (TPSA) is 35.5 Å². The molecule has 0 bridgehead atoms. The predicted octanol–water partition coefficient (Wildman–Crippen LogP) is 5.87. The Balaban J connectivity index is 2.12. The molecule has 0 saturated heterocycles. The lowest BCUT2D eigenvalue weighted by Gasteiger charge is -2.18. The van der Waals surface area contributed by atoms with Gasteiger partial charge in [0.25, 0.3) is 0 Å². The molecule has 0 fully saturated rings. The van der Waals surface area contributed by atoms with E-state index in [0.717, 1.165) is 36.8 Å². The molecule has 0 heterocycles. The molecular weight excluding hydrogens is 300 g/mol. The highest BCUT2D eigenvalue weighted by molar-refractivity contribution is 5.65. The molecule has 3 nitrogen and oxygen atoms in total. The van der Waals surface area contributed by atoms with Crippen molar-refractivity contribution in [2.45, 2.75) is 52.6 Å². The van der Waals surface area contributed by atoms with Gasteiger partial charge in [0.05, 0.1) is 0 Å². The van der Waals surface area contributed by atoms with Gasteiger partial charge in [-0.05, 0) is 42.0 Å². The predicted molar refractivity (Wildman–Crippen MR) is 96.4 cm³/mol. The van der Waals surface area contributed by atoms with Crippen molar-refractivity contribution >= 4 is 6.16 Å². The van der Waals surface area contributed by atoms with Crippen molar-refractivity contribution in [3.05, 3.63) is 65.2 Å². The number of carbonyl (C=O) groups excluding carboxylic acids is 1. The van der Waals surface area contributed by atoms with Crippen molar-refractivity contribution in [2.75, 3.05) is 0 Å². The van der Waals surface area contributed by atoms with Crippen LogP contribution in [0.3, 0.4) is 0 Å². The van der Waals surface area contributed by atoms with Gasteiger partial charge in [0.1, 0.15) is 11.9 Å². The van der Waals surface area contributed by atoms with Gasteiger partial charge < -0.3 is 9.47 Å². The number of hydrogen-bond donors (Lipinski definition) is 0. The molecule has 2 aromatic carbocycles. The van der Waals surface area contributed by atoms with Crippen LogP contribution in [0.4, 0.5) is 4.79 Å². The van der Waals surface area contributed by atoms with E-state index in [1.54, 1.807) is 0 Å². The first kappa shape index (κ1) is 18.1. The molecule has 0 aromatic heterocycles. The van der Waals surface area contributed by atoms with E-state index < -0.39 is 6.16 Å². The summed E-state index contributed by atoms with van der Waals surface area (Å²) < 4.78 is 11.1. The Kier molecular flexibility index (Phi) is 6.86. The van der Waals surface area contributed by atoms with E-state index in [-0.39, 0.29) is 6.10 Å². The Bertz CT molecular complexity index is 649. The molecule has 0 amide bonds. The summed E-state index contributed by atoms with van der Waals surface area (Å²) in [6.07, 6.45) is 2.53. The second kappa shape index (κ2) is 9.11. The third-order valence-electron chi connectivity index (χ3n) is 4.12. The van der Waals surface area contributed by atoms with Gasteiger partial charge in [-0.25, -0.2) is 4.79 Å². The first-order valence-corrected chi connectivity index (χ1v) is 8.73. The fraction of sp³-hybridized carbons (Fsp3) is 0.381. The van der Waals surface area contributed by atoms with E-state index in [4.69, 9.17) is 9.47 Å². The zero-order chi connectivity index (χ0) is 17.4. The molecule has 1 unspecified atom stereocenters. The van der Waals surface area contributed by atoms with Gasteiger partial charge in [-0.3, -0.25) is 0 Å². The highest BCUT2D eigenvalue weighted by atomic mass is 16.7. The van der Waals surface area contributed by atoms with E-state index in [9.17, 15) is 4.79 Å². The fourth-order valence-corrected chi connectivity index (χ4v) is 2.89. The summed E-state index contributed by atoms with van der Waals surface area (Å²) in [7, 11) is 0. The molecule has 0 spiro atoms. The van der Waals surface area contributed by atoms with Gasteiger partial charge >= 0.3 is 6.16 Å². The summed E-state index contributed by atoms with van der Waals surface area (Å²) in [4.78, 5) is 12.3. The molecule has 128 valence electrons. The fourth-order valence-electron chi connectivity index (χ4n) is 2.89. The summed E-state index contributed by atoms with van der Waals surface area (Å²) in [5.74, 6) is 0.602. The number of carbonyl (C=O) groups is 1. The first-order valence-electron chi connectivity index (χ1n) is 8.73. The van der Waals surface area contributed by atoms with Crippen LogP contribution in [0.25, 0.3) is 0 Å². The van der Waals surface area contributed by atoms with Crippen LogP contribution in [-0.4, -0.2) is 6.16 Å². The maximum absolute atomic E-state index is 12.3. The quantitative estimate of drug-likeness (QED) is 0.471. The second-order valence-electron chi connectivity index (χ2n) is 5.76. The van der Waals surface area contributed by atoms with E-state index in [1.807, 2.05) is 42.5 Å². The number of ether oxygens (including phenoxy) is 2. The van der Waals surface area contributed by atoms with Gasteiger partial charge in [-0.2, -0.15) is 0 Å². The second-order valence-corrected chi connectivity index (χ2v) is 5.76. The average Bonchev–Trinajstić information content (AvgIpc) is 2.61. The molecule has 0 saturated carbocycles. The Labute approximate surface area is 144 Å². The third-order valence-corrected chi connectivity index (χ3v) is 4.12. The smallest absolute Gasteiger partial charge is 0.426 e. The molecule has 0 aliphatic rings. The Hall–Kier alpha value is -2.29. The van der Waals surface area contributed by atoms with Crippen LogP contribution < -0.4 is 4.74 Å². The van der Waals surface area contributed by atoms with Gasteiger partial charge in [0.2, 0.25) is 0 Å². The highest BCUT2D eigenvalue weighted by Crippen LogP contribution is 2.27. The minimum absolute atomic E-state index is 0.275. The molecule has 1 atom stereocenters.